The van der Waals surface area contributed by atoms with Crippen molar-refractivity contribution in [2.45, 2.75) is 31.8 Å². The van der Waals surface area contributed by atoms with Crippen LogP contribution in [0.4, 0.5) is 0 Å². The minimum absolute atomic E-state index is 0.0746. The van der Waals surface area contributed by atoms with Crippen molar-refractivity contribution in [1.82, 2.24) is 15.9 Å². The third-order valence-electron chi connectivity index (χ3n) is 5.25. The molecular weight excluding hydrogens is 411 g/mol. The van der Waals surface area contributed by atoms with E-state index in [-0.39, 0.29) is 17.7 Å². The number of benzene rings is 2. The van der Waals surface area contributed by atoms with Crippen LogP contribution >= 0.6 is 23.2 Å². The van der Waals surface area contributed by atoms with Gasteiger partial charge in [-0.1, -0.05) is 29.6 Å². The fourth-order valence-electron chi connectivity index (χ4n) is 3.73. The summed E-state index contributed by atoms with van der Waals surface area (Å²) in [6, 6.07) is 13.3. The van der Waals surface area contributed by atoms with Gasteiger partial charge in [-0.3, -0.25) is 15.0 Å². The van der Waals surface area contributed by atoms with Crippen molar-refractivity contribution in [1.29, 1.82) is 0 Å². The van der Waals surface area contributed by atoms with Gasteiger partial charge in [-0.05, 0) is 67.8 Å². The quantitative estimate of drug-likeness (QED) is 0.711. The SMILES string of the molecule is O=C(NN[C@@H]1[C@H]2CCCCC2=NN1C(=O)c1ccc(Cl)cc1)c1ccc(Cl)cc1. The van der Waals surface area contributed by atoms with Gasteiger partial charge in [0.25, 0.3) is 11.8 Å². The number of nitrogens with one attached hydrogen (secondary N) is 2. The van der Waals surface area contributed by atoms with Gasteiger partial charge in [0, 0.05) is 32.8 Å². The summed E-state index contributed by atoms with van der Waals surface area (Å²) in [5.41, 5.74) is 7.72. The third kappa shape index (κ3) is 4.29. The first-order chi connectivity index (χ1) is 14.0. The van der Waals surface area contributed by atoms with Crippen LogP contribution in [0.1, 0.15) is 46.4 Å². The molecule has 1 fully saturated rings. The van der Waals surface area contributed by atoms with E-state index in [9.17, 15) is 9.59 Å². The molecule has 1 heterocycles. The van der Waals surface area contributed by atoms with E-state index in [1.54, 1.807) is 48.5 Å². The highest BCUT2D eigenvalue weighted by Crippen LogP contribution is 2.32. The molecule has 0 bridgehead atoms. The van der Waals surface area contributed by atoms with E-state index in [4.69, 9.17) is 23.2 Å². The van der Waals surface area contributed by atoms with Gasteiger partial charge in [-0.2, -0.15) is 5.10 Å². The van der Waals surface area contributed by atoms with Crippen LogP contribution in [0.25, 0.3) is 0 Å². The zero-order chi connectivity index (χ0) is 20.4. The monoisotopic (exact) mass is 430 g/mol. The predicted molar refractivity (Wildman–Crippen MR) is 113 cm³/mol. The summed E-state index contributed by atoms with van der Waals surface area (Å²) in [6.45, 7) is 0. The van der Waals surface area contributed by atoms with Crippen LogP contribution in [-0.4, -0.2) is 28.7 Å². The normalized spacial score (nSPS) is 20.8. The summed E-state index contributed by atoms with van der Waals surface area (Å²) in [5.74, 6) is -0.461. The van der Waals surface area contributed by atoms with Crippen LogP contribution in [0.15, 0.2) is 53.6 Å². The molecule has 0 unspecified atom stereocenters. The number of carbonyl (C=O) groups is 2. The average molecular weight is 431 g/mol. The number of hydrogen-bond donors (Lipinski definition) is 2. The van der Waals surface area contributed by atoms with E-state index in [1.165, 1.54) is 5.01 Å². The number of fused-ring (bicyclic) bond motifs is 1. The summed E-state index contributed by atoms with van der Waals surface area (Å²) in [7, 11) is 0. The Morgan fingerprint density at radius 3 is 2.21 bits per heavy atom. The van der Waals surface area contributed by atoms with Crippen molar-refractivity contribution in [3.8, 4) is 0 Å². The molecule has 2 atom stereocenters. The summed E-state index contributed by atoms with van der Waals surface area (Å²) in [4.78, 5) is 25.6. The highest BCUT2D eigenvalue weighted by molar-refractivity contribution is 6.31. The molecule has 1 aliphatic carbocycles. The lowest BCUT2D eigenvalue weighted by Gasteiger charge is -2.29. The average Bonchev–Trinajstić information content (AvgIpc) is 3.11. The Labute approximate surface area is 178 Å². The van der Waals surface area contributed by atoms with Crippen LogP contribution in [0.2, 0.25) is 10.0 Å². The van der Waals surface area contributed by atoms with Gasteiger partial charge in [0.2, 0.25) is 0 Å². The number of hydrazone groups is 1. The van der Waals surface area contributed by atoms with Crippen molar-refractivity contribution >= 4 is 40.7 Å². The fourth-order valence-corrected chi connectivity index (χ4v) is 3.98. The van der Waals surface area contributed by atoms with Crippen LogP contribution in [0, 0.1) is 5.92 Å². The van der Waals surface area contributed by atoms with Crippen LogP contribution in [0.5, 0.6) is 0 Å². The van der Waals surface area contributed by atoms with E-state index in [0.29, 0.717) is 21.2 Å². The van der Waals surface area contributed by atoms with E-state index < -0.39 is 6.17 Å². The molecule has 0 saturated heterocycles. The maximum atomic E-state index is 13.1. The summed E-state index contributed by atoms with van der Waals surface area (Å²) in [6.07, 6.45) is 3.46. The Balaban J connectivity index is 1.52. The minimum Gasteiger partial charge on any atom is -0.285 e. The van der Waals surface area contributed by atoms with Gasteiger partial charge >= 0.3 is 0 Å². The number of halogens is 2. The van der Waals surface area contributed by atoms with Crippen molar-refractivity contribution in [3.63, 3.8) is 0 Å². The van der Waals surface area contributed by atoms with Gasteiger partial charge in [-0.25, -0.2) is 10.4 Å². The largest absolute Gasteiger partial charge is 0.285 e. The molecule has 0 aromatic heterocycles. The van der Waals surface area contributed by atoms with E-state index in [1.807, 2.05) is 0 Å². The first-order valence-corrected chi connectivity index (χ1v) is 10.3. The zero-order valence-electron chi connectivity index (χ0n) is 15.6. The number of rotatable bonds is 4. The highest BCUT2D eigenvalue weighted by atomic mass is 35.5. The molecule has 2 N–H and O–H groups in total. The molecule has 0 spiro atoms. The van der Waals surface area contributed by atoms with Crippen molar-refractivity contribution in [2.24, 2.45) is 11.0 Å². The lowest BCUT2D eigenvalue weighted by molar-refractivity contribution is 0.0598. The molecule has 0 radical (unpaired) electrons. The fraction of sp³-hybridized carbons (Fsp3) is 0.286. The number of amides is 2. The Morgan fingerprint density at radius 2 is 1.55 bits per heavy atom. The van der Waals surface area contributed by atoms with E-state index >= 15 is 0 Å². The Bertz CT molecular complexity index is 944. The molecule has 150 valence electrons. The van der Waals surface area contributed by atoms with E-state index in [0.717, 1.165) is 31.4 Å². The summed E-state index contributed by atoms with van der Waals surface area (Å²) >= 11 is 11.8. The van der Waals surface area contributed by atoms with Crippen molar-refractivity contribution in [3.05, 3.63) is 69.7 Å². The van der Waals surface area contributed by atoms with Gasteiger partial charge in [-0.15, -0.1) is 0 Å². The molecular formula is C21H20Cl2N4O2. The first-order valence-electron chi connectivity index (χ1n) is 9.51. The van der Waals surface area contributed by atoms with Crippen molar-refractivity contribution < 1.29 is 9.59 Å². The zero-order valence-corrected chi connectivity index (χ0v) is 17.1. The second kappa shape index (κ2) is 8.53. The second-order valence-electron chi connectivity index (χ2n) is 7.15. The lowest BCUT2D eigenvalue weighted by Crippen LogP contribution is -2.55. The van der Waals surface area contributed by atoms with Crippen molar-refractivity contribution in [2.75, 3.05) is 0 Å². The van der Waals surface area contributed by atoms with Gasteiger partial charge < -0.3 is 0 Å². The molecule has 2 aromatic rings. The number of hydrogen-bond acceptors (Lipinski definition) is 4. The molecule has 2 aromatic carbocycles. The Kier molecular flexibility index (Phi) is 5.85. The highest BCUT2D eigenvalue weighted by Gasteiger charge is 2.41. The van der Waals surface area contributed by atoms with Gasteiger partial charge in [0.05, 0.1) is 0 Å². The van der Waals surface area contributed by atoms with Crippen LogP contribution in [0.3, 0.4) is 0 Å². The van der Waals surface area contributed by atoms with Crippen LogP contribution < -0.4 is 10.9 Å². The molecule has 1 aliphatic heterocycles. The van der Waals surface area contributed by atoms with Crippen LogP contribution in [-0.2, 0) is 0 Å². The molecule has 2 amide bonds. The lowest BCUT2D eigenvalue weighted by atomic mass is 9.86. The smallest absolute Gasteiger partial charge is 0.275 e. The Hall–Kier alpha value is -2.41. The number of hydrazine groups is 1. The predicted octanol–water partition coefficient (Wildman–Crippen LogP) is 4.26. The Morgan fingerprint density at radius 1 is 0.931 bits per heavy atom. The summed E-state index contributed by atoms with van der Waals surface area (Å²) in [5, 5.41) is 7.15. The topological polar surface area (TPSA) is 73.8 Å². The first kappa shape index (κ1) is 19.9. The van der Waals surface area contributed by atoms with Gasteiger partial charge in [0.15, 0.2) is 0 Å². The maximum absolute atomic E-state index is 13.1. The summed E-state index contributed by atoms with van der Waals surface area (Å²) < 4.78 is 0. The number of carbonyl (C=O) groups excluding carboxylic acids is 2. The minimum atomic E-state index is -0.440. The molecule has 8 heteroatoms. The van der Waals surface area contributed by atoms with E-state index in [2.05, 4.69) is 16.0 Å². The molecule has 6 nitrogen and oxygen atoms in total. The molecule has 4 rings (SSSR count). The number of nitrogens with zero attached hydrogens (tertiary/aromatic N) is 2. The molecule has 1 saturated carbocycles. The second-order valence-corrected chi connectivity index (χ2v) is 8.02. The standard InChI is InChI=1S/C21H20Cl2N4O2/c22-15-9-5-13(6-10-15)20(28)25-24-19-17-3-1-2-4-18(17)26-27(19)21(29)14-7-11-16(23)12-8-14/h5-12,17,19,24H,1-4H2,(H,25,28)/t17-,19-/m0/s1. The maximum Gasteiger partial charge on any atom is 0.275 e. The molecule has 2 aliphatic rings. The third-order valence-corrected chi connectivity index (χ3v) is 5.75. The van der Waals surface area contributed by atoms with Gasteiger partial charge in [0.1, 0.15) is 6.17 Å². The molecule has 29 heavy (non-hydrogen) atoms.